The first-order valence-electron chi connectivity index (χ1n) is 11.1. The fourth-order valence-corrected chi connectivity index (χ4v) is 4.67. The highest BCUT2D eigenvalue weighted by Gasteiger charge is 2.52. The van der Waals surface area contributed by atoms with Gasteiger partial charge in [0.2, 0.25) is 0 Å². The molecular formula is C25H26BF2NO4S. The summed E-state index contributed by atoms with van der Waals surface area (Å²) in [5.41, 5.74) is -0.802. The van der Waals surface area contributed by atoms with Crippen LogP contribution in [0.5, 0.6) is 0 Å². The number of Topliss-reactive ketones (excluding diaryl/α,β-unsaturated/α-hetero) is 1. The van der Waals surface area contributed by atoms with Gasteiger partial charge in [0, 0.05) is 22.3 Å². The van der Waals surface area contributed by atoms with Gasteiger partial charge in [-0.15, -0.1) is 11.3 Å². The minimum absolute atomic E-state index is 0.0412. The summed E-state index contributed by atoms with van der Waals surface area (Å²) in [4.78, 5) is 26.6. The third-order valence-electron chi connectivity index (χ3n) is 6.42. The van der Waals surface area contributed by atoms with Crippen molar-refractivity contribution in [3.8, 4) is 0 Å². The summed E-state index contributed by atoms with van der Waals surface area (Å²) < 4.78 is 41.1. The van der Waals surface area contributed by atoms with Crippen molar-refractivity contribution < 1.29 is 22.9 Å². The second-order valence-corrected chi connectivity index (χ2v) is 10.6. The van der Waals surface area contributed by atoms with Crippen LogP contribution in [0.3, 0.4) is 0 Å². The molecule has 34 heavy (non-hydrogen) atoms. The van der Waals surface area contributed by atoms with Crippen molar-refractivity contribution in [2.24, 2.45) is 0 Å². The minimum atomic E-state index is -0.978. The zero-order chi connectivity index (χ0) is 24.7. The molecule has 0 N–H and O–H groups in total. The maximum Gasteiger partial charge on any atom is 0.505 e. The third-order valence-corrected chi connectivity index (χ3v) is 7.59. The standard InChI is InChI=1S/C25H26BF2NO4S/c1-24(2)25(3,4)33-26(32-24)22-12-9-17(34-22)8-11-21(30)18-6-5-13-29(23(18)31)15-16-7-10-19(27)20(28)14-16/h5-7,9-10,12-14H,8,11,15H2,1-4H3. The summed E-state index contributed by atoms with van der Waals surface area (Å²) >= 11 is 1.53. The van der Waals surface area contributed by atoms with Gasteiger partial charge in [-0.25, -0.2) is 8.78 Å². The lowest BCUT2D eigenvalue weighted by Crippen LogP contribution is -2.41. The predicted molar refractivity (Wildman–Crippen MR) is 129 cm³/mol. The molecule has 4 rings (SSSR count). The quantitative estimate of drug-likeness (QED) is 0.369. The SMILES string of the molecule is CC1(C)OB(c2ccc(CCC(=O)c3cccn(Cc4ccc(F)c(F)c4)c3=O)s2)OC1(C)C. The Morgan fingerprint density at radius 1 is 1.03 bits per heavy atom. The molecule has 1 saturated heterocycles. The summed E-state index contributed by atoms with van der Waals surface area (Å²) in [5, 5.41) is 0. The van der Waals surface area contributed by atoms with Gasteiger partial charge in [-0.1, -0.05) is 12.1 Å². The molecule has 0 aliphatic carbocycles. The van der Waals surface area contributed by atoms with E-state index in [2.05, 4.69) is 0 Å². The molecule has 1 aliphatic heterocycles. The second-order valence-electron chi connectivity index (χ2n) is 9.42. The molecule has 9 heteroatoms. The number of carbonyl (C=O) groups is 1. The average Bonchev–Trinajstić information content (AvgIpc) is 3.32. The van der Waals surface area contributed by atoms with Crippen molar-refractivity contribution in [3.05, 3.63) is 86.7 Å². The predicted octanol–water partition coefficient (Wildman–Crippen LogP) is 4.35. The Morgan fingerprint density at radius 3 is 2.41 bits per heavy atom. The highest BCUT2D eigenvalue weighted by Crippen LogP contribution is 2.37. The van der Waals surface area contributed by atoms with Crippen LogP contribution >= 0.6 is 11.3 Å². The van der Waals surface area contributed by atoms with E-state index in [-0.39, 0.29) is 24.3 Å². The van der Waals surface area contributed by atoms with Gasteiger partial charge in [0.05, 0.1) is 23.3 Å². The van der Waals surface area contributed by atoms with E-state index < -0.39 is 35.5 Å². The Hall–Kier alpha value is -2.62. The zero-order valence-electron chi connectivity index (χ0n) is 19.6. The van der Waals surface area contributed by atoms with Crippen LogP contribution in [-0.4, -0.2) is 28.7 Å². The normalized spacial score (nSPS) is 16.7. The van der Waals surface area contributed by atoms with Gasteiger partial charge in [-0.3, -0.25) is 9.59 Å². The number of aromatic nitrogens is 1. The summed E-state index contributed by atoms with van der Waals surface area (Å²) in [7, 11) is -0.447. The molecule has 0 unspecified atom stereocenters. The number of aryl methyl sites for hydroxylation is 1. The first kappa shape index (κ1) is 24.5. The topological polar surface area (TPSA) is 57.5 Å². The van der Waals surface area contributed by atoms with Crippen molar-refractivity contribution >= 4 is 29.0 Å². The van der Waals surface area contributed by atoms with Gasteiger partial charge in [-0.05, 0) is 70.0 Å². The molecule has 0 radical (unpaired) electrons. The maximum absolute atomic E-state index is 13.5. The molecule has 3 aromatic rings. The van der Waals surface area contributed by atoms with Crippen molar-refractivity contribution in [1.82, 2.24) is 4.57 Å². The number of pyridine rings is 1. The Kier molecular flexibility index (Phi) is 6.64. The van der Waals surface area contributed by atoms with Gasteiger partial charge in [0.25, 0.3) is 5.56 Å². The van der Waals surface area contributed by atoms with Crippen LogP contribution in [0.1, 0.15) is 54.9 Å². The van der Waals surface area contributed by atoms with Crippen LogP contribution in [0.2, 0.25) is 0 Å². The first-order chi connectivity index (χ1) is 16.0. The summed E-state index contributed by atoms with van der Waals surface area (Å²) in [6, 6.07) is 10.5. The number of rotatable bonds is 7. The van der Waals surface area contributed by atoms with E-state index in [0.29, 0.717) is 12.0 Å². The molecule has 0 bridgehead atoms. The third kappa shape index (κ3) is 4.92. The molecule has 1 aromatic carbocycles. The van der Waals surface area contributed by atoms with Gasteiger partial charge in [-0.2, -0.15) is 0 Å². The number of hydrogen-bond acceptors (Lipinski definition) is 5. The van der Waals surface area contributed by atoms with E-state index in [1.807, 2.05) is 39.8 Å². The van der Waals surface area contributed by atoms with Crippen molar-refractivity contribution in [1.29, 1.82) is 0 Å². The van der Waals surface area contributed by atoms with Crippen molar-refractivity contribution in [2.45, 2.75) is 58.3 Å². The van der Waals surface area contributed by atoms with Gasteiger partial charge < -0.3 is 13.9 Å². The zero-order valence-corrected chi connectivity index (χ0v) is 20.4. The molecule has 0 saturated carbocycles. The fourth-order valence-electron chi connectivity index (χ4n) is 3.69. The number of carbonyl (C=O) groups excluding carboxylic acids is 1. The van der Waals surface area contributed by atoms with Crippen LogP contribution in [-0.2, 0) is 22.3 Å². The first-order valence-corrected chi connectivity index (χ1v) is 11.9. The van der Waals surface area contributed by atoms with Gasteiger partial charge in [0.1, 0.15) is 0 Å². The number of thiophene rings is 1. The number of nitrogens with zero attached hydrogens (tertiary/aromatic N) is 1. The van der Waals surface area contributed by atoms with E-state index in [9.17, 15) is 18.4 Å². The molecule has 178 valence electrons. The molecular weight excluding hydrogens is 459 g/mol. The van der Waals surface area contributed by atoms with E-state index in [0.717, 1.165) is 21.8 Å². The Balaban J connectivity index is 1.42. The molecule has 0 spiro atoms. The minimum Gasteiger partial charge on any atom is -0.399 e. The summed E-state index contributed by atoms with van der Waals surface area (Å²) in [6.45, 7) is 8.04. The second kappa shape index (κ2) is 9.21. The molecule has 1 fully saturated rings. The van der Waals surface area contributed by atoms with E-state index in [4.69, 9.17) is 9.31 Å². The lowest BCUT2D eigenvalue weighted by molar-refractivity contribution is 0.00578. The Morgan fingerprint density at radius 2 is 1.74 bits per heavy atom. The monoisotopic (exact) mass is 485 g/mol. The molecule has 0 amide bonds. The largest absolute Gasteiger partial charge is 0.505 e. The van der Waals surface area contributed by atoms with E-state index >= 15 is 0 Å². The Labute approximate surface area is 201 Å². The smallest absolute Gasteiger partial charge is 0.399 e. The van der Waals surface area contributed by atoms with Crippen LogP contribution in [0.25, 0.3) is 0 Å². The van der Waals surface area contributed by atoms with Crippen molar-refractivity contribution in [3.63, 3.8) is 0 Å². The lowest BCUT2D eigenvalue weighted by Gasteiger charge is -2.32. The molecule has 3 heterocycles. The number of halogens is 2. The number of benzene rings is 1. The summed E-state index contributed by atoms with van der Waals surface area (Å²) in [6.07, 6.45) is 2.19. The fraction of sp³-hybridized carbons (Fsp3) is 0.360. The molecule has 1 aliphatic rings. The van der Waals surface area contributed by atoms with Crippen LogP contribution < -0.4 is 10.3 Å². The number of ketones is 1. The molecule has 0 atom stereocenters. The highest BCUT2D eigenvalue weighted by atomic mass is 32.1. The maximum atomic E-state index is 13.5. The summed E-state index contributed by atoms with van der Waals surface area (Å²) in [5.74, 6) is -2.20. The lowest BCUT2D eigenvalue weighted by atomic mass is 9.88. The van der Waals surface area contributed by atoms with E-state index in [1.54, 1.807) is 6.07 Å². The van der Waals surface area contributed by atoms with Crippen LogP contribution in [0, 0.1) is 11.6 Å². The highest BCUT2D eigenvalue weighted by molar-refractivity contribution is 7.22. The van der Waals surface area contributed by atoms with Crippen LogP contribution in [0.15, 0.2) is 53.5 Å². The van der Waals surface area contributed by atoms with Crippen LogP contribution in [0.4, 0.5) is 8.78 Å². The van der Waals surface area contributed by atoms with Gasteiger partial charge >= 0.3 is 7.12 Å². The molecule has 2 aromatic heterocycles. The van der Waals surface area contributed by atoms with Gasteiger partial charge in [0.15, 0.2) is 17.4 Å². The van der Waals surface area contributed by atoms with E-state index in [1.165, 1.54) is 34.2 Å². The Bertz CT molecular complexity index is 1270. The average molecular weight is 485 g/mol. The molecule has 5 nitrogen and oxygen atoms in total. The van der Waals surface area contributed by atoms with Crippen molar-refractivity contribution in [2.75, 3.05) is 0 Å². The number of hydrogen-bond donors (Lipinski definition) is 0.